The number of ether oxygens (including phenoxy) is 2. The molecule has 1 aliphatic heterocycles. The van der Waals surface area contributed by atoms with Crippen LogP contribution < -0.4 is 14.8 Å². The van der Waals surface area contributed by atoms with E-state index in [0.717, 1.165) is 4.57 Å². The highest BCUT2D eigenvalue weighted by atomic mass is 32.2. The molecule has 0 spiro atoms. The van der Waals surface area contributed by atoms with Crippen LogP contribution in [0.2, 0.25) is 0 Å². The number of rotatable bonds is 9. The molecule has 226 valence electrons. The fraction of sp³-hybridized carbons (Fsp3) is 0.250. The molecule has 0 saturated heterocycles. The summed E-state index contributed by atoms with van der Waals surface area (Å²) >= 11 is 0. The number of amides is 1. The highest BCUT2D eigenvalue weighted by Crippen LogP contribution is 2.44. The van der Waals surface area contributed by atoms with E-state index in [4.69, 9.17) is 0 Å². The van der Waals surface area contributed by atoms with Crippen LogP contribution in [0.3, 0.4) is 0 Å². The molecule has 1 aromatic heterocycles. The zero-order valence-corrected chi connectivity index (χ0v) is 23.1. The van der Waals surface area contributed by atoms with E-state index in [-0.39, 0.29) is 45.8 Å². The second-order valence-corrected chi connectivity index (χ2v) is 11.6. The number of fused-ring (bicyclic) bond motifs is 2. The second kappa shape index (κ2) is 10.9. The first-order valence-corrected chi connectivity index (χ1v) is 14.4. The van der Waals surface area contributed by atoms with Crippen molar-refractivity contribution in [3.8, 4) is 11.5 Å². The average molecular weight is 624 g/mol. The average Bonchev–Trinajstić information content (AvgIpc) is 3.47. The first-order chi connectivity index (χ1) is 20.2. The van der Waals surface area contributed by atoms with Crippen molar-refractivity contribution in [2.75, 3.05) is 5.75 Å². The van der Waals surface area contributed by atoms with Crippen LogP contribution in [0, 0.1) is 0 Å². The highest BCUT2D eigenvalue weighted by Gasteiger charge is 2.45. The maximum Gasteiger partial charge on any atom is 0.586 e. The minimum Gasteiger partial charge on any atom is -0.395 e. The molecule has 0 atom stereocenters. The van der Waals surface area contributed by atoms with Gasteiger partial charge in [-0.15, -0.1) is 8.78 Å². The van der Waals surface area contributed by atoms with E-state index in [1.807, 2.05) is 0 Å². The number of ketones is 1. The van der Waals surface area contributed by atoms with Crippen molar-refractivity contribution in [3.05, 3.63) is 83.2 Å². The zero-order valence-electron chi connectivity index (χ0n) is 22.2. The number of alkyl halides is 5. The number of halogens is 5. The quantitative estimate of drug-likeness (QED) is 0.258. The molecule has 3 aromatic carbocycles. The Bertz CT molecular complexity index is 1840. The predicted molar refractivity (Wildman–Crippen MR) is 141 cm³/mol. The molecule has 0 bridgehead atoms. The number of carbonyl (C=O) groups excluding carboxylic acids is 2. The molecule has 5 rings (SSSR count). The van der Waals surface area contributed by atoms with Crippen molar-refractivity contribution >= 4 is 32.6 Å². The van der Waals surface area contributed by atoms with Crippen molar-refractivity contribution in [2.45, 2.75) is 43.8 Å². The van der Waals surface area contributed by atoms with Gasteiger partial charge in [0.15, 0.2) is 21.3 Å². The summed E-state index contributed by atoms with van der Waals surface area (Å²) in [4.78, 5) is 28.0. The summed E-state index contributed by atoms with van der Waals surface area (Å²) in [7, 11) is -3.80. The van der Waals surface area contributed by atoms with Crippen LogP contribution in [0.1, 0.15) is 40.7 Å². The number of hydrogen-bond acceptors (Lipinski definition) is 7. The summed E-state index contributed by atoms with van der Waals surface area (Å²) in [5.41, 5.74) is 0.361. The molecular formula is C28H22F5N3O6S. The first kappa shape index (κ1) is 29.9. The molecule has 0 saturated carbocycles. The first-order valence-electron chi connectivity index (χ1n) is 12.7. The van der Waals surface area contributed by atoms with Gasteiger partial charge in [0.1, 0.15) is 11.5 Å². The number of hydrogen-bond donors (Lipinski definition) is 1. The Kier molecular flexibility index (Phi) is 7.62. The lowest BCUT2D eigenvalue weighted by Crippen LogP contribution is -2.26. The Labute approximate surface area is 241 Å². The lowest BCUT2D eigenvalue weighted by molar-refractivity contribution is -0.287. The summed E-state index contributed by atoms with van der Waals surface area (Å²) in [5.74, 6) is -3.68. The summed E-state index contributed by atoms with van der Waals surface area (Å²) in [6, 6.07) is 13.2. The standard InChI is InChI=1S/C28H22F5N3O6S/c1-2-19(37)15-43(39,40)20-9-6-16(7-10-20)13-34-25(38)17-8-11-22-21(12-17)35-26(27(29,30)31)36(22)14-18-4-3-5-23-24(18)42-28(32,33)41-23/h3-12H,2,13-15H2,1H3,(H,34,38). The number of aromatic nitrogens is 2. The fourth-order valence-corrected chi connectivity index (χ4v) is 5.81. The molecule has 0 unspecified atom stereocenters. The summed E-state index contributed by atoms with van der Waals surface area (Å²) in [5, 5.41) is 2.61. The molecule has 15 heteroatoms. The van der Waals surface area contributed by atoms with Crippen molar-refractivity contribution in [1.82, 2.24) is 14.9 Å². The van der Waals surface area contributed by atoms with Crippen LogP contribution in [-0.2, 0) is 33.9 Å². The van der Waals surface area contributed by atoms with Gasteiger partial charge in [0.05, 0.1) is 22.5 Å². The number of sulfone groups is 1. The van der Waals surface area contributed by atoms with Crippen LogP contribution in [0.5, 0.6) is 11.5 Å². The maximum absolute atomic E-state index is 13.9. The van der Waals surface area contributed by atoms with Crippen LogP contribution in [0.25, 0.3) is 11.0 Å². The Balaban J connectivity index is 1.35. The third-order valence-electron chi connectivity index (χ3n) is 6.58. The largest absolute Gasteiger partial charge is 0.586 e. The molecule has 43 heavy (non-hydrogen) atoms. The Morgan fingerprint density at radius 3 is 2.42 bits per heavy atom. The van der Waals surface area contributed by atoms with E-state index >= 15 is 0 Å². The third-order valence-corrected chi connectivity index (χ3v) is 8.28. The minimum atomic E-state index is -4.91. The molecular weight excluding hydrogens is 601 g/mol. The van der Waals surface area contributed by atoms with E-state index in [9.17, 15) is 40.0 Å². The maximum atomic E-state index is 13.9. The lowest BCUT2D eigenvalue weighted by Gasteiger charge is -2.13. The van der Waals surface area contributed by atoms with E-state index in [0.29, 0.717) is 5.56 Å². The van der Waals surface area contributed by atoms with E-state index in [1.54, 1.807) is 6.92 Å². The normalized spacial score (nSPS) is 14.2. The molecule has 4 aromatic rings. The number of nitrogens with zero attached hydrogens (tertiary/aromatic N) is 2. The van der Waals surface area contributed by atoms with E-state index < -0.39 is 57.9 Å². The molecule has 0 aliphatic carbocycles. The number of nitrogens with one attached hydrogen (secondary N) is 1. The molecule has 1 aliphatic rings. The predicted octanol–water partition coefficient (Wildman–Crippen LogP) is 5.11. The second-order valence-electron chi connectivity index (χ2n) is 9.61. The van der Waals surface area contributed by atoms with E-state index in [1.165, 1.54) is 60.7 Å². The smallest absolute Gasteiger partial charge is 0.395 e. The number of imidazole rings is 1. The van der Waals surface area contributed by atoms with Crippen LogP contribution >= 0.6 is 0 Å². The number of carbonyl (C=O) groups is 2. The monoisotopic (exact) mass is 623 g/mol. The SMILES string of the molecule is CCC(=O)CS(=O)(=O)c1ccc(CNC(=O)c2ccc3c(c2)nc(C(F)(F)F)n3Cc2cccc3c2OC(F)(F)O3)cc1. The van der Waals surface area contributed by atoms with Crippen LogP contribution in [0.4, 0.5) is 22.0 Å². The summed E-state index contributed by atoms with van der Waals surface area (Å²) in [6.07, 6.45) is -8.78. The number of benzene rings is 3. The number of para-hydroxylation sites is 1. The van der Waals surface area contributed by atoms with Crippen molar-refractivity contribution in [3.63, 3.8) is 0 Å². The fourth-order valence-electron chi connectivity index (χ4n) is 4.46. The van der Waals surface area contributed by atoms with Crippen molar-refractivity contribution in [1.29, 1.82) is 0 Å². The van der Waals surface area contributed by atoms with Gasteiger partial charge in [0, 0.05) is 24.1 Å². The van der Waals surface area contributed by atoms with Gasteiger partial charge in [0.25, 0.3) is 5.91 Å². The molecule has 1 amide bonds. The van der Waals surface area contributed by atoms with Crippen LogP contribution in [-0.4, -0.2) is 41.7 Å². The minimum absolute atomic E-state index is 0.000119. The van der Waals surface area contributed by atoms with Gasteiger partial charge in [0.2, 0.25) is 5.82 Å². The van der Waals surface area contributed by atoms with Crippen LogP contribution in [0.15, 0.2) is 65.6 Å². The van der Waals surface area contributed by atoms with Gasteiger partial charge in [-0.3, -0.25) is 9.59 Å². The van der Waals surface area contributed by atoms with E-state index in [2.05, 4.69) is 19.8 Å². The molecule has 2 heterocycles. The lowest BCUT2D eigenvalue weighted by atomic mass is 10.1. The Morgan fingerprint density at radius 1 is 1.02 bits per heavy atom. The zero-order chi connectivity index (χ0) is 31.2. The van der Waals surface area contributed by atoms with Crippen molar-refractivity contribution < 1.29 is 49.4 Å². The van der Waals surface area contributed by atoms with Gasteiger partial charge >= 0.3 is 12.5 Å². The van der Waals surface area contributed by atoms with Gasteiger partial charge in [-0.1, -0.05) is 31.2 Å². The molecule has 0 radical (unpaired) electrons. The van der Waals surface area contributed by atoms with Gasteiger partial charge < -0.3 is 19.4 Å². The third kappa shape index (κ3) is 6.30. The van der Waals surface area contributed by atoms with Gasteiger partial charge in [-0.2, -0.15) is 13.2 Å². The molecule has 1 N–H and O–H groups in total. The molecule has 0 fully saturated rings. The van der Waals surface area contributed by atoms with Crippen molar-refractivity contribution in [2.24, 2.45) is 0 Å². The topological polar surface area (TPSA) is 117 Å². The summed E-state index contributed by atoms with van der Waals surface area (Å²) < 4.78 is 103. The highest BCUT2D eigenvalue weighted by molar-refractivity contribution is 7.92. The van der Waals surface area contributed by atoms with Gasteiger partial charge in [-0.25, -0.2) is 13.4 Å². The number of Topliss-reactive ketones (excluding diaryl/α,β-unsaturated/α-hetero) is 1. The Morgan fingerprint density at radius 2 is 1.74 bits per heavy atom. The van der Waals surface area contributed by atoms with Gasteiger partial charge in [-0.05, 0) is 42.0 Å². The Hall–Kier alpha value is -4.53. The summed E-state index contributed by atoms with van der Waals surface area (Å²) in [6.45, 7) is 1.01. The molecule has 9 nitrogen and oxygen atoms in total.